The van der Waals surface area contributed by atoms with Crippen LogP contribution in [0, 0.1) is 0 Å². The molecule has 0 saturated heterocycles. The van der Waals surface area contributed by atoms with E-state index in [-0.39, 0.29) is 5.56 Å². The molecule has 0 aliphatic heterocycles. The first kappa shape index (κ1) is 13.2. The van der Waals surface area contributed by atoms with E-state index >= 15 is 0 Å². The van der Waals surface area contributed by atoms with Gasteiger partial charge in [-0.2, -0.15) is 0 Å². The molecule has 0 radical (unpaired) electrons. The molecule has 0 fully saturated rings. The monoisotopic (exact) mass is 304 g/mol. The number of anilines is 2. The Labute approximate surface area is 130 Å². The van der Waals surface area contributed by atoms with Crippen molar-refractivity contribution in [2.75, 3.05) is 5.32 Å². The molecule has 0 spiro atoms. The number of H-pyrrole nitrogens is 2. The Morgan fingerprint density at radius 1 is 1.04 bits per heavy atom. The molecule has 3 aromatic heterocycles. The van der Waals surface area contributed by atoms with Gasteiger partial charge in [0.15, 0.2) is 0 Å². The lowest BCUT2D eigenvalue weighted by molar-refractivity contribution is 1.14. The number of hydrogen-bond donors (Lipinski definition) is 3. The third-order valence-corrected chi connectivity index (χ3v) is 3.39. The standard InChI is InChI=1S/C16H12N6O/c23-15-3-1-2-14(21-15)22-16-17-7-6-11(20-16)10-4-5-12-13(8-10)19-9-18-12/h1-9H,(H,18,19)(H2,17,20,21,22,23). The van der Waals surface area contributed by atoms with Crippen LogP contribution in [0.15, 0.2) is 59.8 Å². The lowest BCUT2D eigenvalue weighted by Crippen LogP contribution is -2.07. The number of nitrogens with zero attached hydrogens (tertiary/aromatic N) is 3. The molecular formula is C16H12N6O. The fraction of sp³-hybridized carbons (Fsp3) is 0. The van der Waals surface area contributed by atoms with Gasteiger partial charge in [-0.15, -0.1) is 0 Å². The van der Waals surface area contributed by atoms with Crippen molar-refractivity contribution < 1.29 is 0 Å². The number of imidazole rings is 1. The lowest BCUT2D eigenvalue weighted by Gasteiger charge is -2.06. The van der Waals surface area contributed by atoms with E-state index in [0.717, 1.165) is 22.3 Å². The molecule has 4 rings (SSSR count). The lowest BCUT2D eigenvalue weighted by atomic mass is 10.1. The average Bonchev–Trinajstić information content (AvgIpc) is 3.03. The zero-order valence-electron chi connectivity index (χ0n) is 11.9. The zero-order chi connectivity index (χ0) is 15.6. The molecule has 0 aliphatic carbocycles. The van der Waals surface area contributed by atoms with Gasteiger partial charge in [0.25, 0.3) is 0 Å². The maximum Gasteiger partial charge on any atom is 0.249 e. The van der Waals surface area contributed by atoms with Crippen LogP contribution in [0.5, 0.6) is 0 Å². The Morgan fingerprint density at radius 3 is 2.91 bits per heavy atom. The van der Waals surface area contributed by atoms with Crippen molar-refractivity contribution in [2.24, 2.45) is 0 Å². The molecule has 0 bridgehead atoms. The Morgan fingerprint density at radius 2 is 2.00 bits per heavy atom. The van der Waals surface area contributed by atoms with Crippen molar-refractivity contribution >= 4 is 22.8 Å². The van der Waals surface area contributed by atoms with E-state index in [0.29, 0.717) is 11.8 Å². The molecule has 0 aliphatic rings. The van der Waals surface area contributed by atoms with Crippen molar-refractivity contribution in [3.63, 3.8) is 0 Å². The number of aromatic amines is 2. The van der Waals surface area contributed by atoms with Crippen LogP contribution < -0.4 is 10.9 Å². The SMILES string of the molecule is O=c1cccc(Nc2nccc(-c3ccc4nc[nH]c4c3)n2)[nH]1. The average molecular weight is 304 g/mol. The minimum Gasteiger partial charge on any atom is -0.345 e. The molecule has 0 saturated carbocycles. The van der Waals surface area contributed by atoms with Crippen LogP contribution >= 0.6 is 0 Å². The number of hydrogen-bond acceptors (Lipinski definition) is 5. The van der Waals surface area contributed by atoms with Crippen LogP contribution in [0.2, 0.25) is 0 Å². The Bertz CT molecular complexity index is 1040. The van der Waals surface area contributed by atoms with Crippen molar-refractivity contribution in [3.8, 4) is 11.3 Å². The maximum atomic E-state index is 11.3. The predicted octanol–water partition coefficient (Wildman–Crippen LogP) is 2.45. The molecule has 23 heavy (non-hydrogen) atoms. The summed E-state index contributed by atoms with van der Waals surface area (Å²) in [4.78, 5) is 29.9. The van der Waals surface area contributed by atoms with Crippen LogP contribution in [0.4, 0.5) is 11.8 Å². The highest BCUT2D eigenvalue weighted by molar-refractivity contribution is 5.80. The summed E-state index contributed by atoms with van der Waals surface area (Å²) in [5, 5.41) is 2.99. The van der Waals surface area contributed by atoms with E-state index in [1.807, 2.05) is 24.3 Å². The molecule has 1 aromatic carbocycles. The third kappa shape index (κ3) is 2.67. The summed E-state index contributed by atoms with van der Waals surface area (Å²) in [6.07, 6.45) is 3.33. The summed E-state index contributed by atoms with van der Waals surface area (Å²) in [7, 11) is 0. The molecule has 112 valence electrons. The number of nitrogens with one attached hydrogen (secondary N) is 3. The first-order chi connectivity index (χ1) is 11.3. The van der Waals surface area contributed by atoms with Gasteiger partial charge in [-0.3, -0.25) is 4.79 Å². The summed E-state index contributed by atoms with van der Waals surface area (Å²) >= 11 is 0. The van der Waals surface area contributed by atoms with Gasteiger partial charge >= 0.3 is 0 Å². The van der Waals surface area contributed by atoms with E-state index in [1.165, 1.54) is 6.07 Å². The molecule has 7 heteroatoms. The van der Waals surface area contributed by atoms with Gasteiger partial charge in [0.05, 0.1) is 23.1 Å². The highest BCUT2D eigenvalue weighted by Gasteiger charge is 2.05. The van der Waals surface area contributed by atoms with Gasteiger partial charge in [0.2, 0.25) is 11.5 Å². The van der Waals surface area contributed by atoms with Gasteiger partial charge in [-0.1, -0.05) is 12.1 Å². The number of benzene rings is 1. The van der Waals surface area contributed by atoms with Crippen LogP contribution in [0.3, 0.4) is 0 Å². The van der Waals surface area contributed by atoms with Crippen molar-refractivity contribution in [1.29, 1.82) is 0 Å². The molecule has 4 aromatic rings. The fourth-order valence-electron chi connectivity index (χ4n) is 2.32. The minimum atomic E-state index is -0.184. The quantitative estimate of drug-likeness (QED) is 0.540. The van der Waals surface area contributed by atoms with Gasteiger partial charge in [-0.25, -0.2) is 15.0 Å². The maximum absolute atomic E-state index is 11.3. The highest BCUT2D eigenvalue weighted by atomic mass is 16.1. The minimum absolute atomic E-state index is 0.184. The van der Waals surface area contributed by atoms with E-state index in [9.17, 15) is 4.79 Å². The Hall–Kier alpha value is -3.48. The summed E-state index contributed by atoms with van der Waals surface area (Å²) in [5.74, 6) is 0.952. The zero-order valence-corrected chi connectivity index (χ0v) is 11.9. The summed E-state index contributed by atoms with van der Waals surface area (Å²) in [5.41, 5.74) is 3.40. The van der Waals surface area contributed by atoms with E-state index < -0.39 is 0 Å². The Kier molecular flexibility index (Phi) is 3.09. The second kappa shape index (κ2) is 5.38. The van der Waals surface area contributed by atoms with Crippen molar-refractivity contribution in [1.82, 2.24) is 24.9 Å². The van der Waals surface area contributed by atoms with Gasteiger partial charge in [0.1, 0.15) is 5.82 Å². The normalized spacial score (nSPS) is 10.8. The fourth-order valence-corrected chi connectivity index (χ4v) is 2.32. The topological polar surface area (TPSA) is 99.3 Å². The summed E-state index contributed by atoms with van der Waals surface area (Å²) in [6, 6.07) is 12.6. The molecule has 0 unspecified atom stereocenters. The number of aromatic nitrogens is 5. The van der Waals surface area contributed by atoms with Gasteiger partial charge < -0.3 is 15.3 Å². The molecule has 7 nitrogen and oxygen atoms in total. The third-order valence-electron chi connectivity index (χ3n) is 3.39. The predicted molar refractivity (Wildman–Crippen MR) is 87.5 cm³/mol. The van der Waals surface area contributed by atoms with Crippen molar-refractivity contribution in [3.05, 3.63) is 65.3 Å². The molecular weight excluding hydrogens is 292 g/mol. The van der Waals surface area contributed by atoms with Crippen LogP contribution in [-0.2, 0) is 0 Å². The first-order valence-corrected chi connectivity index (χ1v) is 7.01. The van der Waals surface area contributed by atoms with Gasteiger partial charge in [0, 0.05) is 17.8 Å². The van der Waals surface area contributed by atoms with E-state index in [4.69, 9.17) is 0 Å². The largest absolute Gasteiger partial charge is 0.345 e. The smallest absolute Gasteiger partial charge is 0.249 e. The highest BCUT2D eigenvalue weighted by Crippen LogP contribution is 2.22. The second-order valence-electron chi connectivity index (χ2n) is 4.95. The van der Waals surface area contributed by atoms with Crippen molar-refractivity contribution in [2.45, 2.75) is 0 Å². The van der Waals surface area contributed by atoms with Crippen LogP contribution in [0.1, 0.15) is 0 Å². The second-order valence-corrected chi connectivity index (χ2v) is 4.95. The molecule has 0 atom stereocenters. The summed E-state index contributed by atoms with van der Waals surface area (Å²) < 4.78 is 0. The van der Waals surface area contributed by atoms with E-state index in [1.54, 1.807) is 24.7 Å². The number of rotatable bonds is 3. The molecule has 0 amide bonds. The number of fused-ring (bicyclic) bond motifs is 1. The number of pyridine rings is 1. The summed E-state index contributed by atoms with van der Waals surface area (Å²) in [6.45, 7) is 0. The van der Waals surface area contributed by atoms with Crippen LogP contribution in [-0.4, -0.2) is 24.9 Å². The van der Waals surface area contributed by atoms with E-state index in [2.05, 4.69) is 30.2 Å². The molecule has 3 N–H and O–H groups in total. The Balaban J connectivity index is 1.69. The van der Waals surface area contributed by atoms with Gasteiger partial charge in [-0.05, 0) is 24.3 Å². The van der Waals surface area contributed by atoms with Crippen LogP contribution in [0.25, 0.3) is 22.3 Å². The molecule has 3 heterocycles. The first-order valence-electron chi connectivity index (χ1n) is 7.01.